The first-order chi connectivity index (χ1) is 12.6. The Kier molecular flexibility index (Phi) is 4.93. The van der Waals surface area contributed by atoms with Crippen LogP contribution >= 0.6 is 11.3 Å². The summed E-state index contributed by atoms with van der Waals surface area (Å²) in [5, 5.41) is 8.27. The number of fused-ring (bicyclic) bond motifs is 1. The molecule has 0 spiro atoms. The second kappa shape index (κ2) is 7.34. The van der Waals surface area contributed by atoms with Crippen LogP contribution in [-0.2, 0) is 0 Å². The maximum absolute atomic E-state index is 12.8. The average molecular weight is 375 g/mol. The Bertz CT molecular complexity index is 855. The molecule has 2 aromatic heterocycles. The first-order valence-electron chi connectivity index (χ1n) is 9.56. The zero-order chi connectivity index (χ0) is 18.1. The molecule has 1 saturated carbocycles. The van der Waals surface area contributed by atoms with E-state index in [1.54, 1.807) is 0 Å². The minimum Gasteiger partial charge on any atom is -0.349 e. The van der Waals surface area contributed by atoms with E-state index in [1.165, 1.54) is 34.9 Å². The van der Waals surface area contributed by atoms with Crippen molar-refractivity contribution in [3.8, 4) is 0 Å². The molecule has 7 nitrogen and oxygen atoms in total. The van der Waals surface area contributed by atoms with Gasteiger partial charge in [-0.3, -0.25) is 9.59 Å². The molecule has 0 radical (unpaired) electrons. The molecule has 140 valence electrons. The van der Waals surface area contributed by atoms with Gasteiger partial charge in [0.15, 0.2) is 0 Å². The number of amides is 1. The Morgan fingerprint density at radius 2 is 2.04 bits per heavy atom. The second-order valence-electron chi connectivity index (χ2n) is 7.56. The number of rotatable bonds is 3. The smallest absolute Gasteiger partial charge is 0.288 e. The quantitative estimate of drug-likeness (QED) is 0.891. The normalized spacial score (nSPS) is 21.9. The third kappa shape index (κ3) is 3.47. The van der Waals surface area contributed by atoms with Crippen LogP contribution in [0.15, 0.2) is 11.0 Å². The van der Waals surface area contributed by atoms with Crippen LogP contribution in [0.2, 0.25) is 0 Å². The zero-order valence-corrected chi connectivity index (χ0v) is 15.9. The number of anilines is 1. The van der Waals surface area contributed by atoms with Crippen molar-refractivity contribution in [2.24, 2.45) is 5.92 Å². The molecule has 1 saturated heterocycles. The van der Waals surface area contributed by atoms with Crippen molar-refractivity contribution in [1.82, 2.24) is 19.9 Å². The lowest BCUT2D eigenvalue weighted by atomic mass is 9.95. The number of nitrogens with zero attached hydrogens (tertiary/aromatic N) is 4. The number of aromatic nitrogens is 3. The van der Waals surface area contributed by atoms with E-state index in [2.05, 4.69) is 27.2 Å². The van der Waals surface area contributed by atoms with Crippen LogP contribution in [0.25, 0.3) is 4.96 Å². The van der Waals surface area contributed by atoms with Gasteiger partial charge in [0.05, 0.1) is 0 Å². The molecule has 1 aliphatic heterocycles. The van der Waals surface area contributed by atoms with E-state index in [-0.39, 0.29) is 23.1 Å². The minimum absolute atomic E-state index is 0.0805. The largest absolute Gasteiger partial charge is 0.349 e. The van der Waals surface area contributed by atoms with E-state index in [4.69, 9.17) is 0 Å². The van der Waals surface area contributed by atoms with Gasteiger partial charge in [0.25, 0.3) is 11.5 Å². The van der Waals surface area contributed by atoms with Gasteiger partial charge >= 0.3 is 0 Å². The van der Waals surface area contributed by atoms with Gasteiger partial charge in [-0.25, -0.2) is 4.98 Å². The Morgan fingerprint density at radius 1 is 1.23 bits per heavy atom. The van der Waals surface area contributed by atoms with E-state index in [0.717, 1.165) is 50.3 Å². The molecule has 0 unspecified atom stereocenters. The van der Waals surface area contributed by atoms with E-state index in [9.17, 15) is 9.59 Å². The highest BCUT2D eigenvalue weighted by Crippen LogP contribution is 2.26. The summed E-state index contributed by atoms with van der Waals surface area (Å²) in [5.41, 5.74) is -0.298. The SMILES string of the molecule is C[C@@H]1CCCN(c2nn3c(=O)c(C(=O)NC4CCCCC4)cnc3s2)C1. The average Bonchev–Trinajstić information content (AvgIpc) is 3.08. The number of carbonyl (C=O) groups is 1. The fourth-order valence-corrected chi connectivity index (χ4v) is 4.83. The number of nitrogens with one attached hydrogen (secondary N) is 1. The molecule has 2 fully saturated rings. The Balaban J connectivity index is 1.58. The van der Waals surface area contributed by atoms with E-state index < -0.39 is 0 Å². The van der Waals surface area contributed by atoms with E-state index >= 15 is 0 Å². The van der Waals surface area contributed by atoms with Crippen LogP contribution < -0.4 is 15.8 Å². The third-order valence-corrected chi connectivity index (χ3v) is 6.37. The number of carbonyl (C=O) groups excluding carboxylic acids is 1. The highest BCUT2D eigenvalue weighted by Gasteiger charge is 2.23. The minimum atomic E-state index is -0.379. The lowest BCUT2D eigenvalue weighted by Gasteiger charge is -2.30. The summed E-state index contributed by atoms with van der Waals surface area (Å²) >= 11 is 1.41. The third-order valence-electron chi connectivity index (χ3n) is 5.39. The monoisotopic (exact) mass is 375 g/mol. The molecule has 0 aromatic carbocycles. The summed E-state index contributed by atoms with van der Waals surface area (Å²) in [6.45, 7) is 4.13. The molecule has 8 heteroatoms. The summed E-state index contributed by atoms with van der Waals surface area (Å²) < 4.78 is 1.29. The maximum Gasteiger partial charge on any atom is 0.288 e. The van der Waals surface area contributed by atoms with Crippen molar-refractivity contribution in [3.05, 3.63) is 22.1 Å². The van der Waals surface area contributed by atoms with Crippen LogP contribution in [0.4, 0.5) is 5.13 Å². The van der Waals surface area contributed by atoms with Gasteiger partial charge in [0, 0.05) is 25.3 Å². The van der Waals surface area contributed by atoms with Gasteiger partial charge in [-0.1, -0.05) is 37.5 Å². The summed E-state index contributed by atoms with van der Waals surface area (Å²) in [4.78, 5) is 32.4. The predicted octanol–water partition coefficient (Wildman–Crippen LogP) is 2.45. The first-order valence-corrected chi connectivity index (χ1v) is 10.4. The van der Waals surface area contributed by atoms with Crippen molar-refractivity contribution >= 4 is 27.3 Å². The number of piperidine rings is 1. The molecule has 1 N–H and O–H groups in total. The van der Waals surface area contributed by atoms with Crippen LogP contribution in [0.3, 0.4) is 0 Å². The van der Waals surface area contributed by atoms with Crippen LogP contribution in [0.1, 0.15) is 62.2 Å². The molecule has 2 aromatic rings. The number of hydrogen-bond acceptors (Lipinski definition) is 6. The standard InChI is InChI=1S/C18H25N5O2S/c1-12-6-5-9-22(11-12)18-21-23-16(25)14(10-19-17(23)26-18)15(24)20-13-7-3-2-4-8-13/h10,12-13H,2-9,11H2,1H3,(H,20,24)/t12-/m1/s1. The molecule has 4 rings (SSSR count). The van der Waals surface area contributed by atoms with Gasteiger partial charge < -0.3 is 10.2 Å². The highest BCUT2D eigenvalue weighted by molar-refractivity contribution is 7.20. The van der Waals surface area contributed by atoms with Gasteiger partial charge in [0.2, 0.25) is 10.1 Å². The second-order valence-corrected chi connectivity index (χ2v) is 8.49. The molecule has 0 bridgehead atoms. The highest BCUT2D eigenvalue weighted by atomic mass is 32.1. The predicted molar refractivity (Wildman–Crippen MR) is 102 cm³/mol. The summed E-state index contributed by atoms with van der Waals surface area (Å²) in [7, 11) is 0. The topological polar surface area (TPSA) is 79.6 Å². The van der Waals surface area contributed by atoms with Crippen molar-refractivity contribution in [2.75, 3.05) is 18.0 Å². The molecule has 1 aliphatic carbocycles. The van der Waals surface area contributed by atoms with Crippen molar-refractivity contribution < 1.29 is 4.79 Å². The molecule has 1 atom stereocenters. The van der Waals surface area contributed by atoms with Gasteiger partial charge in [0.1, 0.15) is 5.56 Å². The first kappa shape index (κ1) is 17.5. The Morgan fingerprint density at radius 3 is 2.81 bits per heavy atom. The molecular weight excluding hydrogens is 350 g/mol. The lowest BCUT2D eigenvalue weighted by Crippen LogP contribution is -2.39. The van der Waals surface area contributed by atoms with Gasteiger partial charge in [-0.15, -0.1) is 5.10 Å². The summed E-state index contributed by atoms with van der Waals surface area (Å²) in [6, 6.07) is 0.164. The maximum atomic E-state index is 12.8. The van der Waals surface area contributed by atoms with Gasteiger partial charge in [-0.05, 0) is 31.6 Å². The zero-order valence-electron chi connectivity index (χ0n) is 15.1. The lowest BCUT2D eigenvalue weighted by molar-refractivity contribution is 0.0925. The van der Waals surface area contributed by atoms with Crippen LogP contribution in [0, 0.1) is 5.92 Å². The van der Waals surface area contributed by atoms with Crippen LogP contribution in [0.5, 0.6) is 0 Å². The molecule has 1 amide bonds. The molecular formula is C18H25N5O2S. The summed E-state index contributed by atoms with van der Waals surface area (Å²) in [6.07, 6.45) is 9.21. The number of hydrogen-bond donors (Lipinski definition) is 1. The summed E-state index contributed by atoms with van der Waals surface area (Å²) in [5.74, 6) is 0.294. The van der Waals surface area contributed by atoms with Crippen LogP contribution in [-0.4, -0.2) is 39.6 Å². The van der Waals surface area contributed by atoms with E-state index in [1.807, 2.05) is 0 Å². The molecule has 2 aliphatic rings. The van der Waals surface area contributed by atoms with Crippen molar-refractivity contribution in [2.45, 2.75) is 57.9 Å². The molecule has 3 heterocycles. The van der Waals surface area contributed by atoms with Crippen molar-refractivity contribution in [1.29, 1.82) is 0 Å². The molecule has 26 heavy (non-hydrogen) atoms. The Hall–Kier alpha value is -1.96. The fraction of sp³-hybridized carbons (Fsp3) is 0.667. The van der Waals surface area contributed by atoms with Gasteiger partial charge in [-0.2, -0.15) is 4.52 Å². The fourth-order valence-electron chi connectivity index (χ4n) is 3.93. The van der Waals surface area contributed by atoms with E-state index in [0.29, 0.717) is 10.9 Å². The van der Waals surface area contributed by atoms with Crippen molar-refractivity contribution in [3.63, 3.8) is 0 Å². The Labute approximate surface area is 156 Å².